The van der Waals surface area contributed by atoms with Crippen LogP contribution in [0.5, 0.6) is 0 Å². The number of nitrogens with zero attached hydrogens (tertiary/aromatic N) is 4. The second kappa shape index (κ2) is 4.64. The minimum atomic E-state index is 0.880. The van der Waals surface area contributed by atoms with Gasteiger partial charge in [0.05, 0.1) is 16.9 Å². The third-order valence-electron chi connectivity index (χ3n) is 3.60. The number of rotatable bonds is 1. The molecular weight excluding hydrogens is 278 g/mol. The Kier molecular flexibility index (Phi) is 2.76. The smallest absolute Gasteiger partial charge is 0.163 e. The van der Waals surface area contributed by atoms with Crippen LogP contribution in [0.25, 0.3) is 33.3 Å². The van der Waals surface area contributed by atoms with Gasteiger partial charge in [0.25, 0.3) is 0 Å². The lowest BCUT2D eigenvalue weighted by molar-refractivity contribution is 1.26. The topological polar surface area (TPSA) is 43.6 Å². The molecule has 0 N–H and O–H groups in total. The number of hydrogen-bond donors (Lipinski definition) is 0. The maximum atomic E-state index is 4.78. The Morgan fingerprint density at radius 1 is 0.952 bits per heavy atom. The van der Waals surface area contributed by atoms with Gasteiger partial charge in [-0.3, -0.25) is 9.97 Å². The van der Waals surface area contributed by atoms with Crippen molar-refractivity contribution in [1.29, 1.82) is 0 Å². The van der Waals surface area contributed by atoms with Crippen LogP contribution >= 0.6 is 9.39 Å². The maximum Gasteiger partial charge on any atom is 0.163 e. The summed E-state index contributed by atoms with van der Waals surface area (Å²) in [5.74, 6) is 0. The monoisotopic (exact) mass is 290 g/mol. The fraction of sp³-hybridized carbons (Fsp3) is 0. The van der Waals surface area contributed by atoms with E-state index in [-0.39, 0.29) is 0 Å². The van der Waals surface area contributed by atoms with E-state index in [0.29, 0.717) is 0 Å². The average Bonchev–Trinajstić information content (AvgIpc) is 2.81. The zero-order chi connectivity index (χ0) is 14.4. The molecule has 0 saturated carbocycles. The first-order valence-corrected chi connectivity index (χ1v) is 7.20. The van der Waals surface area contributed by atoms with Crippen LogP contribution in [-0.4, -0.2) is 27.1 Å². The lowest BCUT2D eigenvalue weighted by atomic mass is 10.0. The Hall–Kier alpha value is -2.26. The summed E-state index contributed by atoms with van der Waals surface area (Å²) < 4.78 is 2.02. The summed E-state index contributed by atoms with van der Waals surface area (Å²) >= 11 is 0. The molecule has 21 heavy (non-hydrogen) atoms. The molecule has 0 aliphatic heterocycles. The van der Waals surface area contributed by atoms with Crippen molar-refractivity contribution >= 4 is 44.8 Å². The summed E-state index contributed by atoms with van der Waals surface area (Å²) in [6, 6.07) is 12.1. The van der Waals surface area contributed by atoms with E-state index >= 15 is 0 Å². The first-order valence-electron chi connectivity index (χ1n) is 6.68. The molecule has 0 bridgehead atoms. The summed E-state index contributed by atoms with van der Waals surface area (Å²) in [6.45, 7) is 0. The lowest BCUT2D eigenvalue weighted by Gasteiger charge is -2.03. The van der Waals surface area contributed by atoms with Gasteiger partial charge >= 0.3 is 0 Å². The van der Waals surface area contributed by atoms with Crippen LogP contribution < -0.4 is 5.59 Å². The minimum absolute atomic E-state index is 0.880. The molecule has 4 rings (SSSR count). The fourth-order valence-corrected chi connectivity index (χ4v) is 3.01. The van der Waals surface area contributed by atoms with Gasteiger partial charge in [0.15, 0.2) is 7.85 Å². The van der Waals surface area contributed by atoms with E-state index in [4.69, 9.17) is 4.98 Å². The predicted molar refractivity (Wildman–Crippen MR) is 91.6 cm³/mol. The molecular formula is C15H12BN4P. The Balaban J connectivity index is 2.02. The van der Waals surface area contributed by atoms with Crippen molar-refractivity contribution in [3.8, 4) is 11.4 Å². The average molecular weight is 290 g/mol. The molecule has 4 aromatic rings. The third kappa shape index (κ3) is 1.93. The molecule has 0 spiro atoms. The molecule has 4 aromatic heterocycles. The molecule has 0 radical (unpaired) electrons. The van der Waals surface area contributed by atoms with E-state index < -0.39 is 0 Å². The van der Waals surface area contributed by atoms with E-state index in [2.05, 4.69) is 25.4 Å². The molecule has 0 fully saturated rings. The van der Waals surface area contributed by atoms with Crippen molar-refractivity contribution in [1.82, 2.24) is 19.3 Å². The van der Waals surface area contributed by atoms with Crippen LogP contribution in [-0.2, 0) is 0 Å². The maximum absolute atomic E-state index is 4.78. The molecule has 0 saturated heterocycles. The highest BCUT2D eigenvalue weighted by atomic mass is 31.0. The highest BCUT2D eigenvalue weighted by Crippen LogP contribution is 2.30. The Bertz CT molecular complexity index is 980. The van der Waals surface area contributed by atoms with Gasteiger partial charge in [-0.1, -0.05) is 12.1 Å². The van der Waals surface area contributed by atoms with E-state index in [9.17, 15) is 0 Å². The summed E-state index contributed by atoms with van der Waals surface area (Å²) in [6.07, 6.45) is 3.68. The quantitative estimate of drug-likeness (QED) is 0.394. The molecule has 0 aliphatic rings. The second-order valence-corrected chi connectivity index (χ2v) is 5.51. The molecule has 0 aliphatic carbocycles. The standard InChI is InChI=1S/C15H12BN4P/c16-14-3-1-2-11(18-14)12-5-4-9-10-8-17-7-6-13(10)20(21)15(9)19-12/h1-8H,16,21H2. The first-order chi connectivity index (χ1) is 10.2. The van der Waals surface area contributed by atoms with Crippen LogP contribution in [0.15, 0.2) is 48.8 Å². The highest BCUT2D eigenvalue weighted by Gasteiger charge is 2.11. The number of aromatic nitrogens is 4. The summed E-state index contributed by atoms with van der Waals surface area (Å²) in [4.78, 5) is 13.5. The first kappa shape index (κ1) is 12.5. The fourth-order valence-electron chi connectivity index (χ4n) is 2.59. The predicted octanol–water partition coefficient (Wildman–Crippen LogP) is 1.54. The zero-order valence-electron chi connectivity index (χ0n) is 11.5. The van der Waals surface area contributed by atoms with Crippen molar-refractivity contribution in [2.24, 2.45) is 0 Å². The van der Waals surface area contributed by atoms with Gasteiger partial charge in [0, 0.05) is 23.2 Å². The Morgan fingerprint density at radius 3 is 2.67 bits per heavy atom. The summed E-state index contributed by atoms with van der Waals surface area (Å²) in [5.41, 5.74) is 4.79. The van der Waals surface area contributed by atoms with Gasteiger partial charge in [-0.05, 0) is 39.2 Å². The largest absolute Gasteiger partial charge is 0.310 e. The van der Waals surface area contributed by atoms with E-state index in [1.54, 1.807) is 6.20 Å². The van der Waals surface area contributed by atoms with Crippen LogP contribution in [0.3, 0.4) is 0 Å². The van der Waals surface area contributed by atoms with Crippen molar-refractivity contribution in [2.75, 3.05) is 0 Å². The van der Waals surface area contributed by atoms with Gasteiger partial charge in [0.2, 0.25) is 0 Å². The van der Waals surface area contributed by atoms with Crippen molar-refractivity contribution in [2.45, 2.75) is 0 Å². The molecule has 0 amide bonds. The number of hydrogen-bond acceptors (Lipinski definition) is 3. The van der Waals surface area contributed by atoms with Crippen molar-refractivity contribution in [3.05, 3.63) is 48.8 Å². The van der Waals surface area contributed by atoms with Gasteiger partial charge in [0.1, 0.15) is 5.65 Å². The molecule has 100 valence electrons. The normalized spacial score (nSPS) is 11.3. The zero-order valence-corrected chi connectivity index (χ0v) is 12.6. The van der Waals surface area contributed by atoms with E-state index in [1.807, 2.05) is 48.7 Å². The van der Waals surface area contributed by atoms with Crippen LogP contribution in [0.4, 0.5) is 0 Å². The van der Waals surface area contributed by atoms with Crippen LogP contribution in [0.2, 0.25) is 0 Å². The second-order valence-electron chi connectivity index (χ2n) is 4.99. The third-order valence-corrected chi connectivity index (χ3v) is 4.12. The minimum Gasteiger partial charge on any atom is -0.310 e. The number of pyridine rings is 3. The van der Waals surface area contributed by atoms with Crippen molar-refractivity contribution in [3.63, 3.8) is 0 Å². The molecule has 1 unspecified atom stereocenters. The van der Waals surface area contributed by atoms with Gasteiger partial charge < -0.3 is 4.34 Å². The van der Waals surface area contributed by atoms with Gasteiger partial charge in [-0.2, -0.15) is 0 Å². The Morgan fingerprint density at radius 2 is 1.81 bits per heavy atom. The van der Waals surface area contributed by atoms with Crippen molar-refractivity contribution < 1.29 is 0 Å². The molecule has 6 heteroatoms. The van der Waals surface area contributed by atoms with Crippen LogP contribution in [0.1, 0.15) is 0 Å². The lowest BCUT2D eigenvalue weighted by Crippen LogP contribution is -2.07. The molecule has 1 atom stereocenters. The summed E-state index contributed by atoms with van der Waals surface area (Å²) in [5, 5.41) is 2.21. The summed E-state index contributed by atoms with van der Waals surface area (Å²) in [7, 11) is 4.71. The van der Waals surface area contributed by atoms with E-state index in [1.165, 1.54) is 0 Å². The van der Waals surface area contributed by atoms with Crippen LogP contribution in [0, 0.1) is 0 Å². The molecule has 4 heterocycles. The van der Waals surface area contributed by atoms with Gasteiger partial charge in [-0.15, -0.1) is 0 Å². The van der Waals surface area contributed by atoms with E-state index in [0.717, 1.165) is 38.9 Å². The van der Waals surface area contributed by atoms with Gasteiger partial charge in [-0.25, -0.2) is 4.98 Å². The highest BCUT2D eigenvalue weighted by molar-refractivity contribution is 7.15. The molecule has 0 aromatic carbocycles. The Labute approximate surface area is 124 Å². The molecule has 4 nitrogen and oxygen atoms in total. The number of fused-ring (bicyclic) bond motifs is 3. The SMILES string of the molecule is Bc1cccc(-c2ccc3c4cnccc4n(P)c3n2)n1.